The Bertz CT molecular complexity index is 226. The molecular weight excluding hydrogens is 213 g/mol. The van der Waals surface area contributed by atoms with Crippen LogP contribution in [0.1, 0.15) is 0 Å². The fraction of sp³-hybridized carbons (Fsp3) is 0.875. The van der Waals surface area contributed by atoms with Crippen LogP contribution < -0.4 is 5.32 Å². The largest absolute Gasteiger partial charge is 0.406 e. The van der Waals surface area contributed by atoms with E-state index in [0.29, 0.717) is 18.1 Å². The van der Waals surface area contributed by atoms with Crippen molar-refractivity contribution < 1.29 is 22.7 Å². The molecule has 1 aliphatic rings. The Balaban J connectivity index is 2.44. The molecule has 0 aromatic rings. The lowest BCUT2D eigenvalue weighted by atomic mass is 10.2. The van der Waals surface area contributed by atoms with Crippen molar-refractivity contribution in [2.24, 2.45) is 0 Å². The van der Waals surface area contributed by atoms with Gasteiger partial charge in [0.25, 0.3) is 5.91 Å². The van der Waals surface area contributed by atoms with Crippen LogP contribution in [0.2, 0.25) is 0 Å². The number of nitrogens with one attached hydrogen (secondary N) is 1. The number of alkyl halides is 3. The molecule has 0 radical (unpaired) electrons. The molecule has 88 valence electrons. The van der Waals surface area contributed by atoms with Crippen LogP contribution in [0.3, 0.4) is 0 Å². The molecule has 1 unspecified atom stereocenters. The molecule has 0 bridgehead atoms. The Morgan fingerprint density at radius 3 is 2.73 bits per heavy atom. The molecule has 1 heterocycles. The highest BCUT2D eigenvalue weighted by Crippen LogP contribution is 2.16. The van der Waals surface area contributed by atoms with E-state index in [2.05, 4.69) is 5.32 Å². The van der Waals surface area contributed by atoms with Gasteiger partial charge in [-0.2, -0.15) is 13.2 Å². The topological polar surface area (TPSA) is 41.6 Å². The summed E-state index contributed by atoms with van der Waals surface area (Å²) in [5.41, 5.74) is 0. The van der Waals surface area contributed by atoms with Gasteiger partial charge in [0.1, 0.15) is 12.6 Å². The van der Waals surface area contributed by atoms with Gasteiger partial charge >= 0.3 is 6.18 Å². The maximum absolute atomic E-state index is 12.0. The first kappa shape index (κ1) is 12.3. The Labute approximate surface area is 85.4 Å². The molecule has 1 aliphatic heterocycles. The van der Waals surface area contributed by atoms with Crippen molar-refractivity contribution >= 4 is 5.91 Å². The van der Waals surface area contributed by atoms with E-state index in [1.54, 1.807) is 0 Å². The number of carbonyl (C=O) groups excluding carboxylic acids is 1. The number of morpholine rings is 1. The minimum absolute atomic E-state index is 0.265. The summed E-state index contributed by atoms with van der Waals surface area (Å²) in [6.45, 7) is -0.0181. The summed E-state index contributed by atoms with van der Waals surface area (Å²) in [7, 11) is 1.12. The molecule has 1 saturated heterocycles. The highest BCUT2D eigenvalue weighted by molar-refractivity contribution is 5.81. The van der Waals surface area contributed by atoms with E-state index >= 15 is 0 Å². The Morgan fingerprint density at radius 1 is 1.60 bits per heavy atom. The fourth-order valence-corrected chi connectivity index (χ4v) is 1.32. The Morgan fingerprint density at radius 2 is 2.27 bits per heavy atom. The van der Waals surface area contributed by atoms with Gasteiger partial charge in [-0.05, 0) is 0 Å². The van der Waals surface area contributed by atoms with Gasteiger partial charge < -0.3 is 15.0 Å². The number of hydrogen-bond acceptors (Lipinski definition) is 3. The van der Waals surface area contributed by atoms with Crippen LogP contribution in [0.25, 0.3) is 0 Å². The summed E-state index contributed by atoms with van der Waals surface area (Å²) in [5.74, 6) is -0.639. The van der Waals surface area contributed by atoms with Gasteiger partial charge in [-0.25, -0.2) is 0 Å². The maximum atomic E-state index is 12.0. The average molecular weight is 226 g/mol. The van der Waals surface area contributed by atoms with Crippen LogP contribution in [0, 0.1) is 0 Å². The Hall–Kier alpha value is -0.820. The number of rotatable bonds is 2. The first-order chi connectivity index (χ1) is 6.90. The highest BCUT2D eigenvalue weighted by Gasteiger charge is 2.34. The molecule has 0 aromatic heterocycles. The predicted octanol–water partition coefficient (Wildman–Crippen LogP) is -0.00450. The summed E-state index contributed by atoms with van der Waals surface area (Å²) in [5, 5.41) is 2.88. The second-order valence-electron chi connectivity index (χ2n) is 3.37. The average Bonchev–Trinajstić information content (AvgIpc) is 2.15. The number of likely N-dealkylation sites (N-methyl/N-ethyl adjacent to an activating group) is 1. The zero-order chi connectivity index (χ0) is 11.5. The van der Waals surface area contributed by atoms with E-state index in [0.717, 1.165) is 7.05 Å². The lowest BCUT2D eigenvalue weighted by molar-refractivity contribution is -0.166. The normalized spacial score (nSPS) is 22.5. The molecule has 0 saturated carbocycles. The number of hydrogen-bond donors (Lipinski definition) is 1. The quantitative estimate of drug-likeness (QED) is 0.720. The zero-order valence-electron chi connectivity index (χ0n) is 8.30. The first-order valence-corrected chi connectivity index (χ1v) is 4.54. The van der Waals surface area contributed by atoms with Crippen LogP contribution in [0.5, 0.6) is 0 Å². The first-order valence-electron chi connectivity index (χ1n) is 4.54. The summed E-state index contributed by atoms with van der Waals surface area (Å²) >= 11 is 0. The third-order valence-electron chi connectivity index (χ3n) is 2.00. The van der Waals surface area contributed by atoms with E-state index < -0.39 is 24.7 Å². The molecule has 7 heteroatoms. The molecule has 1 rings (SSSR count). The number of halogens is 3. The predicted molar refractivity (Wildman–Crippen MR) is 46.3 cm³/mol. The lowest BCUT2D eigenvalue weighted by Gasteiger charge is -2.27. The van der Waals surface area contributed by atoms with Crippen LogP contribution in [-0.4, -0.2) is 56.4 Å². The van der Waals surface area contributed by atoms with Gasteiger partial charge in [0, 0.05) is 20.1 Å². The smallest absolute Gasteiger partial charge is 0.366 e. The van der Waals surface area contributed by atoms with Gasteiger partial charge in [-0.3, -0.25) is 4.79 Å². The second kappa shape index (κ2) is 4.80. The third kappa shape index (κ3) is 4.05. The van der Waals surface area contributed by atoms with Crippen molar-refractivity contribution in [1.29, 1.82) is 0 Å². The molecule has 1 atom stereocenters. The van der Waals surface area contributed by atoms with Gasteiger partial charge in [0.2, 0.25) is 0 Å². The number of amides is 1. The summed E-state index contributed by atoms with van der Waals surface area (Å²) in [4.78, 5) is 12.1. The molecule has 0 aliphatic carbocycles. The number of ether oxygens (including phenoxy) is 1. The second-order valence-corrected chi connectivity index (χ2v) is 3.37. The standard InChI is InChI=1S/C8H13F3N2O2/c1-13(5-8(9,10)11)7(14)6-4-12-2-3-15-6/h6,12H,2-5H2,1H3. The van der Waals surface area contributed by atoms with Crippen molar-refractivity contribution in [1.82, 2.24) is 10.2 Å². The summed E-state index contributed by atoms with van der Waals surface area (Å²) in [6, 6.07) is 0. The fourth-order valence-electron chi connectivity index (χ4n) is 1.32. The maximum Gasteiger partial charge on any atom is 0.406 e. The van der Waals surface area contributed by atoms with Crippen molar-refractivity contribution in [3.63, 3.8) is 0 Å². The molecular formula is C8H13F3N2O2. The van der Waals surface area contributed by atoms with Crippen molar-refractivity contribution in [2.45, 2.75) is 12.3 Å². The van der Waals surface area contributed by atoms with E-state index in [1.165, 1.54) is 0 Å². The molecule has 1 amide bonds. The number of carbonyl (C=O) groups is 1. The molecule has 1 N–H and O–H groups in total. The van der Waals surface area contributed by atoms with Crippen molar-refractivity contribution in [3.8, 4) is 0 Å². The van der Waals surface area contributed by atoms with Gasteiger partial charge in [-0.1, -0.05) is 0 Å². The van der Waals surface area contributed by atoms with Gasteiger partial charge in [-0.15, -0.1) is 0 Å². The van der Waals surface area contributed by atoms with Crippen molar-refractivity contribution in [3.05, 3.63) is 0 Å². The lowest BCUT2D eigenvalue weighted by Crippen LogP contribution is -2.50. The molecule has 4 nitrogen and oxygen atoms in total. The summed E-state index contributed by atoms with van der Waals surface area (Å²) in [6.07, 6.45) is -5.17. The van der Waals surface area contributed by atoms with Crippen LogP contribution in [0.4, 0.5) is 13.2 Å². The molecule has 0 aromatic carbocycles. The monoisotopic (exact) mass is 226 g/mol. The summed E-state index contributed by atoms with van der Waals surface area (Å²) < 4.78 is 41.0. The molecule has 1 fully saturated rings. The van der Waals surface area contributed by atoms with E-state index in [1.807, 2.05) is 0 Å². The Kier molecular flexibility index (Phi) is 3.92. The SMILES string of the molecule is CN(CC(F)(F)F)C(=O)C1CNCCO1. The van der Waals surface area contributed by atoms with Crippen LogP contribution in [-0.2, 0) is 9.53 Å². The van der Waals surface area contributed by atoms with Crippen LogP contribution >= 0.6 is 0 Å². The minimum atomic E-state index is -4.37. The van der Waals surface area contributed by atoms with Crippen LogP contribution in [0.15, 0.2) is 0 Å². The molecule has 0 spiro atoms. The number of nitrogens with zero attached hydrogens (tertiary/aromatic N) is 1. The van der Waals surface area contributed by atoms with E-state index in [9.17, 15) is 18.0 Å². The minimum Gasteiger partial charge on any atom is -0.366 e. The highest BCUT2D eigenvalue weighted by atomic mass is 19.4. The zero-order valence-corrected chi connectivity index (χ0v) is 8.30. The van der Waals surface area contributed by atoms with E-state index in [-0.39, 0.29) is 6.54 Å². The molecule has 15 heavy (non-hydrogen) atoms. The third-order valence-corrected chi connectivity index (χ3v) is 2.00. The van der Waals surface area contributed by atoms with Gasteiger partial charge in [0.05, 0.1) is 6.61 Å². The van der Waals surface area contributed by atoms with Gasteiger partial charge in [0.15, 0.2) is 0 Å². The van der Waals surface area contributed by atoms with Crippen molar-refractivity contribution in [2.75, 3.05) is 33.3 Å². The van der Waals surface area contributed by atoms with E-state index in [4.69, 9.17) is 4.74 Å².